The molecule has 2 aromatic rings. The number of para-hydroxylation sites is 1. The number of ether oxygens (including phenoxy) is 1. The van der Waals surface area contributed by atoms with Gasteiger partial charge in [0.1, 0.15) is 5.75 Å². The summed E-state index contributed by atoms with van der Waals surface area (Å²) in [5.41, 5.74) is 0.517. The lowest BCUT2D eigenvalue weighted by Crippen LogP contribution is -2.24. The van der Waals surface area contributed by atoms with Gasteiger partial charge in [-0.3, -0.25) is 0 Å². The number of likely N-dealkylation sites (N-methyl/N-ethyl adjacent to an activating group) is 1. The smallest absolute Gasteiger partial charge is 0.405 e. The first kappa shape index (κ1) is 16.8. The van der Waals surface area contributed by atoms with Crippen molar-refractivity contribution in [2.24, 2.45) is 0 Å². The first-order valence-electron chi connectivity index (χ1n) is 7.72. The van der Waals surface area contributed by atoms with E-state index in [-0.39, 0.29) is 23.6 Å². The van der Waals surface area contributed by atoms with E-state index < -0.39 is 6.36 Å². The molecular formula is C16H18F3N3O2. The van der Waals surface area contributed by atoms with Gasteiger partial charge in [-0.25, -0.2) is 0 Å². The van der Waals surface area contributed by atoms with Crippen LogP contribution in [0, 0.1) is 0 Å². The Morgan fingerprint density at radius 3 is 2.79 bits per heavy atom. The summed E-state index contributed by atoms with van der Waals surface area (Å²) in [7, 11) is 1.85. The summed E-state index contributed by atoms with van der Waals surface area (Å²) < 4.78 is 46.9. The fraction of sp³-hybridized carbons (Fsp3) is 0.500. The number of aromatic nitrogens is 2. The van der Waals surface area contributed by atoms with Gasteiger partial charge in [0, 0.05) is 18.4 Å². The minimum atomic E-state index is -4.71. The quantitative estimate of drug-likeness (QED) is 0.873. The van der Waals surface area contributed by atoms with Crippen LogP contribution < -0.4 is 10.1 Å². The Labute approximate surface area is 137 Å². The van der Waals surface area contributed by atoms with Crippen molar-refractivity contribution < 1.29 is 22.4 Å². The van der Waals surface area contributed by atoms with Crippen LogP contribution in [0.1, 0.15) is 42.5 Å². The number of halogens is 3. The van der Waals surface area contributed by atoms with Crippen molar-refractivity contribution in [1.82, 2.24) is 15.5 Å². The molecular weight excluding hydrogens is 323 g/mol. The highest BCUT2D eigenvalue weighted by Crippen LogP contribution is 2.56. The Kier molecular flexibility index (Phi) is 4.49. The zero-order chi connectivity index (χ0) is 17.3. The molecule has 0 aliphatic heterocycles. The van der Waals surface area contributed by atoms with Gasteiger partial charge >= 0.3 is 6.36 Å². The molecule has 1 aliphatic rings. The second-order valence-electron chi connectivity index (χ2n) is 5.98. The van der Waals surface area contributed by atoms with Gasteiger partial charge < -0.3 is 14.6 Å². The first-order valence-corrected chi connectivity index (χ1v) is 7.72. The molecule has 24 heavy (non-hydrogen) atoms. The fourth-order valence-corrected chi connectivity index (χ4v) is 2.69. The highest BCUT2D eigenvalue weighted by Gasteiger charge is 2.46. The third-order valence-corrected chi connectivity index (χ3v) is 4.12. The molecule has 1 aromatic heterocycles. The molecule has 3 atom stereocenters. The fourth-order valence-electron chi connectivity index (χ4n) is 2.69. The molecule has 1 heterocycles. The lowest BCUT2D eigenvalue weighted by Gasteiger charge is -2.12. The van der Waals surface area contributed by atoms with E-state index >= 15 is 0 Å². The third-order valence-electron chi connectivity index (χ3n) is 4.12. The van der Waals surface area contributed by atoms with Crippen LogP contribution in [0.3, 0.4) is 0 Å². The van der Waals surface area contributed by atoms with Gasteiger partial charge in [-0.1, -0.05) is 23.4 Å². The average molecular weight is 341 g/mol. The maximum Gasteiger partial charge on any atom is 0.573 e. The molecule has 1 saturated carbocycles. The van der Waals surface area contributed by atoms with Crippen molar-refractivity contribution in [3.05, 3.63) is 41.5 Å². The van der Waals surface area contributed by atoms with Crippen LogP contribution in [-0.2, 0) is 6.42 Å². The Bertz CT molecular complexity index is 702. The molecule has 3 unspecified atom stereocenters. The maximum absolute atomic E-state index is 12.5. The van der Waals surface area contributed by atoms with Crippen molar-refractivity contribution >= 4 is 0 Å². The molecule has 1 aliphatic carbocycles. The van der Waals surface area contributed by atoms with Crippen LogP contribution in [0.4, 0.5) is 13.2 Å². The van der Waals surface area contributed by atoms with E-state index in [9.17, 15) is 13.2 Å². The predicted molar refractivity (Wildman–Crippen MR) is 79.7 cm³/mol. The van der Waals surface area contributed by atoms with Gasteiger partial charge in [0.15, 0.2) is 5.82 Å². The number of benzene rings is 1. The molecule has 0 bridgehead atoms. The second-order valence-corrected chi connectivity index (χ2v) is 5.98. The Morgan fingerprint density at radius 2 is 2.08 bits per heavy atom. The van der Waals surface area contributed by atoms with Crippen LogP contribution in [0.5, 0.6) is 5.75 Å². The monoisotopic (exact) mass is 341 g/mol. The number of hydrogen-bond acceptors (Lipinski definition) is 5. The lowest BCUT2D eigenvalue weighted by molar-refractivity contribution is -0.274. The van der Waals surface area contributed by atoms with Crippen LogP contribution in [0.2, 0.25) is 0 Å². The van der Waals surface area contributed by atoms with Crippen molar-refractivity contribution in [3.63, 3.8) is 0 Å². The van der Waals surface area contributed by atoms with Crippen molar-refractivity contribution in [3.8, 4) is 5.75 Å². The molecule has 1 N–H and O–H groups in total. The molecule has 0 amide bonds. The summed E-state index contributed by atoms with van der Waals surface area (Å²) in [6.07, 6.45) is -3.41. The lowest BCUT2D eigenvalue weighted by atomic mass is 10.1. The summed E-state index contributed by atoms with van der Waals surface area (Å²) in [6.45, 7) is 2.00. The molecule has 1 fully saturated rings. The van der Waals surface area contributed by atoms with E-state index in [2.05, 4.69) is 20.2 Å². The minimum absolute atomic E-state index is 0.0610. The molecule has 0 saturated heterocycles. The van der Waals surface area contributed by atoms with E-state index in [1.807, 2.05) is 14.0 Å². The summed E-state index contributed by atoms with van der Waals surface area (Å²) in [6, 6.07) is 6.40. The average Bonchev–Trinajstić information content (AvgIpc) is 3.18. The van der Waals surface area contributed by atoms with E-state index in [4.69, 9.17) is 4.52 Å². The zero-order valence-electron chi connectivity index (χ0n) is 13.3. The Morgan fingerprint density at radius 1 is 1.33 bits per heavy atom. The number of nitrogens with zero attached hydrogens (tertiary/aromatic N) is 2. The van der Waals surface area contributed by atoms with Crippen LogP contribution in [0.15, 0.2) is 28.8 Å². The first-order chi connectivity index (χ1) is 11.4. The third kappa shape index (κ3) is 3.87. The molecule has 130 valence electrons. The minimum Gasteiger partial charge on any atom is -0.405 e. The highest BCUT2D eigenvalue weighted by molar-refractivity contribution is 5.42. The van der Waals surface area contributed by atoms with E-state index in [0.717, 1.165) is 0 Å². The molecule has 0 radical (unpaired) electrons. The van der Waals surface area contributed by atoms with Gasteiger partial charge in [-0.2, -0.15) is 4.98 Å². The second kappa shape index (κ2) is 6.43. The van der Waals surface area contributed by atoms with Gasteiger partial charge in [-0.15, -0.1) is 13.2 Å². The van der Waals surface area contributed by atoms with Gasteiger partial charge in [0.05, 0.1) is 0 Å². The summed E-state index contributed by atoms with van der Waals surface area (Å²) >= 11 is 0. The highest BCUT2D eigenvalue weighted by atomic mass is 19.4. The standard InChI is InChI=1S/C16H18F3N3O2/c1-9(20-2)7-14-21-15(24-22-14)12-8-11(12)10-5-3-4-6-13(10)23-16(17,18)19/h3-6,9,11-12,20H,7-8H2,1-2H3. The van der Waals surface area contributed by atoms with Crippen LogP contribution >= 0.6 is 0 Å². The zero-order valence-corrected chi connectivity index (χ0v) is 13.3. The molecule has 1 aromatic carbocycles. The van der Waals surface area contributed by atoms with Gasteiger partial charge in [-0.05, 0) is 37.9 Å². The van der Waals surface area contributed by atoms with Crippen LogP contribution in [-0.4, -0.2) is 29.6 Å². The van der Waals surface area contributed by atoms with Gasteiger partial charge in [0.25, 0.3) is 0 Å². The molecule has 3 rings (SSSR count). The topological polar surface area (TPSA) is 60.2 Å². The number of rotatable bonds is 6. The van der Waals surface area contributed by atoms with E-state index in [1.165, 1.54) is 12.1 Å². The SMILES string of the molecule is CNC(C)Cc1noc(C2CC2c2ccccc2OC(F)(F)F)n1. The number of hydrogen-bond donors (Lipinski definition) is 1. The Balaban J connectivity index is 1.72. The van der Waals surface area contributed by atoms with Crippen molar-refractivity contribution in [2.45, 2.75) is 44.0 Å². The molecule has 8 heteroatoms. The number of nitrogens with one attached hydrogen (secondary N) is 1. The van der Waals surface area contributed by atoms with Crippen molar-refractivity contribution in [1.29, 1.82) is 0 Å². The van der Waals surface area contributed by atoms with Crippen LogP contribution in [0.25, 0.3) is 0 Å². The summed E-state index contributed by atoms with van der Waals surface area (Å²) in [4.78, 5) is 4.36. The molecule has 5 nitrogen and oxygen atoms in total. The number of alkyl halides is 3. The van der Waals surface area contributed by atoms with E-state index in [1.54, 1.807) is 12.1 Å². The molecule has 0 spiro atoms. The maximum atomic E-state index is 12.5. The summed E-state index contributed by atoms with van der Waals surface area (Å²) in [5.74, 6) is 0.742. The largest absolute Gasteiger partial charge is 0.573 e. The normalized spacial score (nSPS) is 21.5. The predicted octanol–water partition coefficient (Wildman–Crippen LogP) is 3.39. The van der Waals surface area contributed by atoms with E-state index in [0.29, 0.717) is 30.1 Å². The van der Waals surface area contributed by atoms with Crippen molar-refractivity contribution in [2.75, 3.05) is 7.05 Å². The summed E-state index contributed by atoms with van der Waals surface area (Å²) in [5, 5.41) is 7.02. The van der Waals surface area contributed by atoms with Gasteiger partial charge in [0.2, 0.25) is 5.89 Å². The Hall–Kier alpha value is -2.09.